The van der Waals surface area contributed by atoms with Gasteiger partial charge >= 0.3 is 12.0 Å². The molecule has 132 valence electrons. The highest BCUT2D eigenvalue weighted by Gasteiger charge is 2.21. The zero-order valence-electron chi connectivity index (χ0n) is 14.6. The van der Waals surface area contributed by atoms with E-state index in [-0.39, 0.29) is 17.7 Å². The minimum Gasteiger partial charge on any atom is -0.491 e. The van der Waals surface area contributed by atoms with Crippen LogP contribution >= 0.6 is 0 Å². The number of carbonyl (C=O) groups is 3. The summed E-state index contributed by atoms with van der Waals surface area (Å²) in [6.07, 6.45) is -1.06. The Labute approximate surface area is 141 Å². The molecule has 2 N–H and O–H groups in total. The van der Waals surface area contributed by atoms with Crippen LogP contribution in [0.3, 0.4) is 0 Å². The fraction of sp³-hybridized carbons (Fsp3) is 0.471. The maximum Gasteiger partial charge on any atom is 0.338 e. The van der Waals surface area contributed by atoms with Gasteiger partial charge in [0.25, 0.3) is 5.91 Å². The second-order valence-corrected chi connectivity index (χ2v) is 5.86. The number of esters is 1. The molecule has 24 heavy (non-hydrogen) atoms. The fourth-order valence-electron chi connectivity index (χ4n) is 1.74. The van der Waals surface area contributed by atoms with Gasteiger partial charge in [-0.2, -0.15) is 0 Å². The number of nitrogens with one attached hydrogen (secondary N) is 2. The number of hydrogen-bond acceptors (Lipinski definition) is 5. The van der Waals surface area contributed by atoms with Crippen LogP contribution in [0.5, 0.6) is 5.75 Å². The van der Waals surface area contributed by atoms with Crippen LogP contribution < -0.4 is 15.4 Å². The largest absolute Gasteiger partial charge is 0.491 e. The quantitative estimate of drug-likeness (QED) is 0.777. The third kappa shape index (κ3) is 6.68. The first kappa shape index (κ1) is 19.5. The Kier molecular flexibility index (Phi) is 7.23. The normalized spacial score (nSPS) is 11.8. The lowest BCUT2D eigenvalue weighted by molar-refractivity contribution is -0.127. The second-order valence-electron chi connectivity index (χ2n) is 5.86. The van der Waals surface area contributed by atoms with Crippen molar-refractivity contribution < 1.29 is 23.9 Å². The lowest BCUT2D eigenvalue weighted by Crippen LogP contribution is -2.46. The van der Waals surface area contributed by atoms with Crippen LogP contribution in [0.25, 0.3) is 0 Å². The SMILES string of the molecule is CC(C)NC(=O)NC(=O)[C@@H](C)OC(=O)c1ccc(OC(C)C)cc1. The second kappa shape index (κ2) is 8.90. The summed E-state index contributed by atoms with van der Waals surface area (Å²) >= 11 is 0. The predicted molar refractivity (Wildman–Crippen MR) is 88.9 cm³/mol. The van der Waals surface area contributed by atoms with Crippen LogP contribution in [0.1, 0.15) is 45.0 Å². The molecular weight excluding hydrogens is 312 g/mol. The molecule has 1 aromatic rings. The van der Waals surface area contributed by atoms with Gasteiger partial charge in [0.15, 0.2) is 6.10 Å². The molecule has 0 heterocycles. The van der Waals surface area contributed by atoms with E-state index in [2.05, 4.69) is 10.6 Å². The molecule has 0 aliphatic heterocycles. The zero-order chi connectivity index (χ0) is 18.3. The molecule has 0 spiro atoms. The van der Waals surface area contributed by atoms with E-state index in [1.807, 2.05) is 13.8 Å². The van der Waals surface area contributed by atoms with E-state index in [0.29, 0.717) is 5.75 Å². The highest BCUT2D eigenvalue weighted by Crippen LogP contribution is 2.15. The van der Waals surface area contributed by atoms with Gasteiger partial charge in [-0.25, -0.2) is 9.59 Å². The van der Waals surface area contributed by atoms with Crippen molar-refractivity contribution in [3.63, 3.8) is 0 Å². The van der Waals surface area contributed by atoms with Crippen LogP contribution in [0.2, 0.25) is 0 Å². The lowest BCUT2D eigenvalue weighted by atomic mass is 10.2. The van der Waals surface area contributed by atoms with Crippen LogP contribution in [0.4, 0.5) is 4.79 Å². The minimum atomic E-state index is -1.10. The topological polar surface area (TPSA) is 93.7 Å². The summed E-state index contributed by atoms with van der Waals surface area (Å²) in [7, 11) is 0. The van der Waals surface area contributed by atoms with Crippen molar-refractivity contribution in [2.45, 2.75) is 52.9 Å². The molecule has 0 aliphatic carbocycles. The molecule has 0 aliphatic rings. The Bertz CT molecular complexity index is 581. The molecule has 7 heteroatoms. The molecule has 0 unspecified atom stereocenters. The maximum absolute atomic E-state index is 12.0. The van der Waals surface area contributed by atoms with E-state index in [1.165, 1.54) is 6.92 Å². The van der Waals surface area contributed by atoms with Crippen LogP contribution in [-0.4, -0.2) is 36.2 Å². The maximum atomic E-state index is 12.0. The summed E-state index contributed by atoms with van der Waals surface area (Å²) in [6.45, 7) is 8.72. The van der Waals surface area contributed by atoms with Gasteiger partial charge in [0, 0.05) is 6.04 Å². The molecule has 0 saturated carbocycles. The van der Waals surface area contributed by atoms with E-state index in [9.17, 15) is 14.4 Å². The third-order valence-corrected chi connectivity index (χ3v) is 2.77. The highest BCUT2D eigenvalue weighted by molar-refractivity contribution is 5.98. The molecule has 0 bridgehead atoms. The summed E-state index contributed by atoms with van der Waals surface area (Å²) in [6, 6.07) is 5.66. The van der Waals surface area contributed by atoms with Gasteiger partial charge in [-0.3, -0.25) is 10.1 Å². The molecule has 1 atom stereocenters. The summed E-state index contributed by atoms with van der Waals surface area (Å²) in [5, 5.41) is 4.62. The van der Waals surface area contributed by atoms with E-state index < -0.39 is 24.0 Å². The number of ether oxygens (including phenoxy) is 2. The van der Waals surface area contributed by atoms with Crippen molar-refractivity contribution in [3.05, 3.63) is 29.8 Å². The van der Waals surface area contributed by atoms with Crippen molar-refractivity contribution in [2.24, 2.45) is 0 Å². The van der Waals surface area contributed by atoms with E-state index >= 15 is 0 Å². The van der Waals surface area contributed by atoms with Gasteiger partial charge in [-0.1, -0.05) is 0 Å². The first-order valence-corrected chi connectivity index (χ1v) is 7.78. The van der Waals surface area contributed by atoms with Crippen LogP contribution in [0.15, 0.2) is 24.3 Å². The van der Waals surface area contributed by atoms with Gasteiger partial charge in [0.05, 0.1) is 11.7 Å². The van der Waals surface area contributed by atoms with Crippen molar-refractivity contribution in [1.82, 2.24) is 10.6 Å². The first-order valence-electron chi connectivity index (χ1n) is 7.78. The highest BCUT2D eigenvalue weighted by atomic mass is 16.5. The molecule has 0 aromatic heterocycles. The number of hydrogen-bond donors (Lipinski definition) is 2. The van der Waals surface area contributed by atoms with Crippen LogP contribution in [-0.2, 0) is 9.53 Å². The fourth-order valence-corrected chi connectivity index (χ4v) is 1.74. The first-order chi connectivity index (χ1) is 11.2. The number of amides is 3. The molecule has 3 amide bonds. The van der Waals surface area contributed by atoms with Crippen molar-refractivity contribution in [3.8, 4) is 5.75 Å². The smallest absolute Gasteiger partial charge is 0.338 e. The van der Waals surface area contributed by atoms with Gasteiger partial charge in [0.1, 0.15) is 5.75 Å². The minimum absolute atomic E-state index is 0.0310. The van der Waals surface area contributed by atoms with Gasteiger partial charge in [-0.05, 0) is 58.9 Å². The van der Waals surface area contributed by atoms with Gasteiger partial charge < -0.3 is 14.8 Å². The molecule has 1 rings (SSSR count). The monoisotopic (exact) mass is 336 g/mol. The van der Waals surface area contributed by atoms with E-state index in [1.54, 1.807) is 38.1 Å². The number of urea groups is 1. The Balaban J connectivity index is 2.56. The van der Waals surface area contributed by atoms with Crippen molar-refractivity contribution in [2.75, 3.05) is 0 Å². The summed E-state index contributed by atoms with van der Waals surface area (Å²) in [4.78, 5) is 35.3. The Hall–Kier alpha value is -2.57. The third-order valence-electron chi connectivity index (χ3n) is 2.77. The molecule has 0 radical (unpaired) electrons. The molecule has 1 aromatic carbocycles. The summed E-state index contributed by atoms with van der Waals surface area (Å²) in [5.74, 6) is -0.711. The standard InChI is InChI=1S/C17H24N2O5/c1-10(2)18-17(22)19-15(20)12(5)24-16(21)13-6-8-14(9-7-13)23-11(3)4/h6-12H,1-5H3,(H2,18,19,20,22)/t12-/m1/s1. The van der Waals surface area contributed by atoms with E-state index in [0.717, 1.165) is 0 Å². The number of benzene rings is 1. The lowest BCUT2D eigenvalue weighted by Gasteiger charge is -2.14. The van der Waals surface area contributed by atoms with Crippen molar-refractivity contribution in [1.29, 1.82) is 0 Å². The van der Waals surface area contributed by atoms with Crippen molar-refractivity contribution >= 4 is 17.9 Å². The molecule has 7 nitrogen and oxygen atoms in total. The Morgan fingerprint density at radius 2 is 1.54 bits per heavy atom. The number of imide groups is 1. The predicted octanol–water partition coefficient (Wildman–Crippen LogP) is 2.25. The average molecular weight is 336 g/mol. The summed E-state index contributed by atoms with van der Waals surface area (Å²) in [5.41, 5.74) is 0.289. The van der Waals surface area contributed by atoms with Gasteiger partial charge in [-0.15, -0.1) is 0 Å². The molecule has 0 saturated heterocycles. The van der Waals surface area contributed by atoms with Gasteiger partial charge in [0.2, 0.25) is 0 Å². The molecule has 0 fully saturated rings. The Morgan fingerprint density at radius 3 is 2.04 bits per heavy atom. The average Bonchev–Trinajstić information content (AvgIpc) is 2.46. The summed E-state index contributed by atoms with van der Waals surface area (Å²) < 4.78 is 10.5. The van der Waals surface area contributed by atoms with E-state index in [4.69, 9.17) is 9.47 Å². The molecular formula is C17H24N2O5. The number of carbonyl (C=O) groups excluding carboxylic acids is 3. The Morgan fingerprint density at radius 1 is 0.958 bits per heavy atom. The zero-order valence-corrected chi connectivity index (χ0v) is 14.6. The van der Waals surface area contributed by atoms with Crippen LogP contribution in [0, 0.1) is 0 Å². The number of rotatable bonds is 6.